The van der Waals surface area contributed by atoms with E-state index in [2.05, 4.69) is 54.8 Å². The molecule has 0 bridgehead atoms. The zero-order valence-electron chi connectivity index (χ0n) is 16.0. The highest BCUT2D eigenvalue weighted by atomic mass is 28.3. The molecule has 1 fully saturated rings. The average molecular weight is 391 g/mol. The number of ether oxygens (including phenoxy) is 2. The van der Waals surface area contributed by atoms with Gasteiger partial charge in [-0.3, -0.25) is 4.79 Å². The van der Waals surface area contributed by atoms with Crippen molar-refractivity contribution in [1.29, 1.82) is 0 Å². The molecule has 1 rings (SSSR count). The Hall–Kier alpha value is -2.40. The summed E-state index contributed by atoms with van der Waals surface area (Å²) in [5, 5.41) is 18.7. The molecule has 0 unspecified atom stereocenters. The van der Waals surface area contributed by atoms with Crippen LogP contribution in [-0.2, 0) is 14.3 Å². The average Bonchev–Trinajstić information content (AvgIpc) is 2.93. The third kappa shape index (κ3) is 10.4. The van der Waals surface area contributed by atoms with Crippen LogP contribution < -0.4 is 0 Å². The molecule has 1 aliphatic rings. The van der Waals surface area contributed by atoms with Crippen LogP contribution in [0.5, 0.6) is 0 Å². The Morgan fingerprint density at radius 3 is 2.41 bits per heavy atom. The Labute approximate surface area is 161 Å². The minimum absolute atomic E-state index is 0.155. The molecule has 27 heavy (non-hydrogen) atoms. The zero-order chi connectivity index (χ0) is 20.3. The van der Waals surface area contributed by atoms with Gasteiger partial charge in [0.05, 0.1) is 0 Å². The summed E-state index contributed by atoms with van der Waals surface area (Å²) in [6, 6.07) is 0. The number of carboxylic acid groups (broad SMARTS) is 1. The Kier molecular flexibility index (Phi) is 9.51. The number of hydrogen-bond acceptors (Lipinski definition) is 5. The van der Waals surface area contributed by atoms with Crippen molar-refractivity contribution in [2.45, 2.75) is 76.5 Å². The molecule has 0 aromatic carbocycles. The highest BCUT2D eigenvalue weighted by Gasteiger charge is 2.40. The predicted octanol–water partition coefficient (Wildman–Crippen LogP) is 2.56. The van der Waals surface area contributed by atoms with Gasteiger partial charge < -0.3 is 19.7 Å². The predicted molar refractivity (Wildman–Crippen MR) is 103 cm³/mol. The second kappa shape index (κ2) is 11.3. The normalized spacial score (nSPS) is 19.2. The minimum Gasteiger partial charge on any atom is -0.481 e. The maximum absolute atomic E-state index is 11.4. The first-order valence-corrected chi connectivity index (χ1v) is 12.5. The van der Waals surface area contributed by atoms with Crippen LogP contribution in [0.1, 0.15) is 38.5 Å². The van der Waals surface area contributed by atoms with Gasteiger partial charge in [-0.05, 0) is 42.9 Å². The van der Waals surface area contributed by atoms with E-state index in [1.165, 1.54) is 0 Å². The van der Waals surface area contributed by atoms with Crippen LogP contribution in [0.3, 0.4) is 0 Å². The van der Waals surface area contributed by atoms with E-state index in [4.69, 9.17) is 14.6 Å². The van der Waals surface area contributed by atoms with Gasteiger partial charge in [-0.25, -0.2) is 4.79 Å². The molecule has 146 valence electrons. The fraction of sp³-hybridized carbons (Fsp3) is 0.600. The van der Waals surface area contributed by atoms with Gasteiger partial charge in [0.15, 0.2) is 12.2 Å². The summed E-state index contributed by atoms with van der Waals surface area (Å²) in [5.74, 6) is 12.2. The molecule has 0 amide bonds. The maximum Gasteiger partial charge on any atom is 0.509 e. The summed E-state index contributed by atoms with van der Waals surface area (Å²) < 4.78 is 10.1. The van der Waals surface area contributed by atoms with Gasteiger partial charge in [0.1, 0.15) is 14.2 Å². The van der Waals surface area contributed by atoms with Gasteiger partial charge in [0, 0.05) is 6.42 Å². The topological polar surface area (TPSA) is 93.1 Å². The monoisotopic (exact) mass is 390 g/mol. The van der Waals surface area contributed by atoms with E-state index in [1.54, 1.807) is 0 Å². The SMILES string of the molecule is C[Si](C)(C)C#CC#CC#C[C@H](O)[C@@H]1OC(=O)O[C@H]1CCCCCCC(=O)O. The van der Waals surface area contributed by atoms with E-state index in [-0.39, 0.29) is 6.42 Å². The van der Waals surface area contributed by atoms with Crippen molar-refractivity contribution < 1.29 is 29.3 Å². The van der Waals surface area contributed by atoms with Gasteiger partial charge in [-0.1, -0.05) is 38.4 Å². The lowest BCUT2D eigenvalue weighted by atomic mass is 10.0. The number of aliphatic hydroxyl groups excluding tert-OH is 1. The van der Waals surface area contributed by atoms with E-state index in [1.807, 2.05) is 0 Å². The number of carbonyl (C=O) groups is 2. The van der Waals surface area contributed by atoms with Crippen LogP contribution in [0, 0.1) is 35.1 Å². The Morgan fingerprint density at radius 1 is 1.07 bits per heavy atom. The molecule has 0 spiro atoms. The van der Waals surface area contributed by atoms with E-state index in [0.717, 1.165) is 19.3 Å². The summed E-state index contributed by atoms with van der Waals surface area (Å²) >= 11 is 0. The maximum atomic E-state index is 11.4. The van der Waals surface area contributed by atoms with E-state index < -0.39 is 38.5 Å². The third-order valence-corrected chi connectivity index (χ3v) is 4.51. The number of unbranched alkanes of at least 4 members (excludes halogenated alkanes) is 3. The lowest BCUT2D eigenvalue weighted by Crippen LogP contribution is -2.34. The first kappa shape index (κ1) is 22.6. The minimum atomic E-state index is -1.47. The molecule has 0 radical (unpaired) electrons. The number of carbonyl (C=O) groups excluding carboxylic acids is 1. The van der Waals surface area contributed by atoms with Crippen LogP contribution in [0.2, 0.25) is 19.6 Å². The van der Waals surface area contributed by atoms with Gasteiger partial charge in [-0.15, -0.1) is 5.54 Å². The lowest BCUT2D eigenvalue weighted by Gasteiger charge is -2.16. The lowest BCUT2D eigenvalue weighted by molar-refractivity contribution is -0.137. The van der Waals surface area contributed by atoms with Crippen molar-refractivity contribution in [2.75, 3.05) is 0 Å². The van der Waals surface area contributed by atoms with Crippen molar-refractivity contribution in [1.82, 2.24) is 0 Å². The number of hydrogen-bond donors (Lipinski definition) is 2. The van der Waals surface area contributed by atoms with E-state index in [0.29, 0.717) is 12.8 Å². The molecule has 0 saturated carbocycles. The Balaban J connectivity index is 2.47. The molecule has 6 nitrogen and oxygen atoms in total. The molecule has 2 N–H and O–H groups in total. The molecule has 3 atom stereocenters. The van der Waals surface area contributed by atoms with Crippen LogP contribution >= 0.6 is 0 Å². The first-order chi connectivity index (χ1) is 12.7. The van der Waals surface area contributed by atoms with Crippen molar-refractivity contribution in [3.63, 3.8) is 0 Å². The van der Waals surface area contributed by atoms with Crippen molar-refractivity contribution >= 4 is 20.2 Å². The molecule has 1 aliphatic heterocycles. The van der Waals surface area contributed by atoms with Crippen LogP contribution in [0.4, 0.5) is 4.79 Å². The van der Waals surface area contributed by atoms with Crippen molar-refractivity contribution in [3.8, 4) is 35.1 Å². The number of carboxylic acids is 1. The van der Waals surface area contributed by atoms with Gasteiger partial charge >= 0.3 is 12.1 Å². The number of aliphatic hydroxyl groups is 1. The van der Waals surface area contributed by atoms with E-state index in [9.17, 15) is 14.7 Å². The summed E-state index contributed by atoms with van der Waals surface area (Å²) in [6.45, 7) is 6.33. The van der Waals surface area contributed by atoms with E-state index >= 15 is 0 Å². The molecule has 7 heteroatoms. The third-order valence-electron chi connectivity index (χ3n) is 3.63. The Bertz CT molecular complexity index is 704. The number of aliphatic carboxylic acids is 1. The van der Waals surface area contributed by atoms with Gasteiger partial charge in [0.25, 0.3) is 0 Å². The largest absolute Gasteiger partial charge is 0.509 e. The smallest absolute Gasteiger partial charge is 0.481 e. The number of rotatable bonds is 8. The fourth-order valence-corrected chi connectivity index (χ4v) is 2.78. The summed E-state index contributed by atoms with van der Waals surface area (Å²) in [4.78, 5) is 21.8. The first-order valence-electron chi connectivity index (χ1n) is 8.99. The molecule has 0 aromatic heterocycles. The molecule has 1 saturated heterocycles. The fourth-order valence-electron chi connectivity index (χ4n) is 2.35. The highest BCUT2D eigenvalue weighted by Crippen LogP contribution is 2.23. The van der Waals surface area contributed by atoms with Crippen molar-refractivity contribution in [3.05, 3.63) is 0 Å². The molecule has 0 aromatic rings. The molecular weight excluding hydrogens is 364 g/mol. The van der Waals surface area contributed by atoms with Crippen LogP contribution in [-0.4, -0.2) is 48.7 Å². The Morgan fingerprint density at radius 2 is 1.74 bits per heavy atom. The second-order valence-corrected chi connectivity index (χ2v) is 12.0. The molecule has 1 heterocycles. The summed E-state index contributed by atoms with van der Waals surface area (Å²) in [5.41, 5.74) is 3.08. The van der Waals surface area contributed by atoms with Crippen molar-refractivity contribution in [2.24, 2.45) is 0 Å². The zero-order valence-corrected chi connectivity index (χ0v) is 17.0. The standard InChI is InChI=1S/C20H26O6Si/c1-27(2,3)15-11-7-6-8-12-16(21)19-17(25-20(24)26-19)13-9-4-5-10-14-18(22)23/h16-17,19,21H,4-5,9-10,13-14H2,1-3H3,(H,22,23)/t16-,17-,19-/m0/s1. The molecule has 0 aliphatic carbocycles. The summed E-state index contributed by atoms with van der Waals surface area (Å²) in [7, 11) is -1.47. The second-order valence-electron chi connectivity index (χ2n) is 7.30. The summed E-state index contributed by atoms with van der Waals surface area (Å²) in [6.07, 6.45) is 0.219. The van der Waals surface area contributed by atoms with Crippen LogP contribution in [0.25, 0.3) is 0 Å². The molecular formula is C20H26O6Si. The highest BCUT2D eigenvalue weighted by molar-refractivity contribution is 6.83. The number of cyclic esters (lactones) is 2. The van der Waals surface area contributed by atoms with Gasteiger partial charge in [-0.2, -0.15) is 0 Å². The van der Waals surface area contributed by atoms with Gasteiger partial charge in [0.2, 0.25) is 0 Å². The van der Waals surface area contributed by atoms with Crippen LogP contribution in [0.15, 0.2) is 0 Å². The quantitative estimate of drug-likeness (QED) is 0.286.